The summed E-state index contributed by atoms with van der Waals surface area (Å²) in [6.07, 6.45) is 0.792. The first-order valence-corrected chi connectivity index (χ1v) is 20.3. The maximum absolute atomic E-state index is 14.4. The number of carbonyl (C=O) groups is 5. The molecule has 0 aromatic heterocycles. The van der Waals surface area contributed by atoms with E-state index in [4.69, 9.17) is 9.47 Å². The fourth-order valence-electron chi connectivity index (χ4n) is 7.97. The molecule has 0 bridgehead atoms. The molecule has 0 aliphatic carbocycles. The molecule has 13 heteroatoms. The number of hydrogen-bond acceptors (Lipinski definition) is 8. The van der Waals surface area contributed by atoms with E-state index in [1.54, 1.807) is 30.9 Å². The Balaban J connectivity index is 2.30. The van der Waals surface area contributed by atoms with E-state index in [2.05, 4.69) is 31.4 Å². The number of carboxylic acids is 1. The summed E-state index contributed by atoms with van der Waals surface area (Å²) in [5, 5.41) is 15.7. The third kappa shape index (κ3) is 12.7. The van der Waals surface area contributed by atoms with Crippen molar-refractivity contribution in [1.29, 1.82) is 0 Å². The van der Waals surface area contributed by atoms with Crippen LogP contribution >= 0.6 is 0 Å². The van der Waals surface area contributed by atoms with Crippen molar-refractivity contribution in [3.63, 3.8) is 0 Å². The van der Waals surface area contributed by atoms with Crippen LogP contribution in [0.2, 0.25) is 0 Å². The van der Waals surface area contributed by atoms with Crippen molar-refractivity contribution in [3.05, 3.63) is 35.9 Å². The Morgan fingerprint density at radius 1 is 0.911 bits per heavy atom. The Labute approximate surface area is 336 Å². The number of carbonyl (C=O) groups excluding carboxylic acids is 4. The van der Waals surface area contributed by atoms with Crippen LogP contribution in [0.4, 0.5) is 0 Å². The summed E-state index contributed by atoms with van der Waals surface area (Å²) in [6, 6.07) is 5.82. The van der Waals surface area contributed by atoms with E-state index in [1.807, 2.05) is 83.8 Å². The highest BCUT2D eigenvalue weighted by Crippen LogP contribution is 2.30. The number of likely N-dealkylation sites (N-methyl/N-ethyl adjacent to an activating group) is 2. The van der Waals surface area contributed by atoms with E-state index in [-0.39, 0.29) is 53.9 Å². The van der Waals surface area contributed by atoms with Crippen molar-refractivity contribution in [2.24, 2.45) is 23.7 Å². The predicted octanol–water partition coefficient (Wildman–Crippen LogP) is 4.61. The highest BCUT2D eigenvalue weighted by atomic mass is 16.5. The number of likely N-dealkylation sites (tertiary alicyclic amines) is 1. The zero-order valence-electron chi connectivity index (χ0n) is 36.6. The van der Waals surface area contributed by atoms with E-state index in [0.29, 0.717) is 25.8 Å². The second kappa shape index (κ2) is 21.8. The summed E-state index contributed by atoms with van der Waals surface area (Å²) in [5.41, 5.74) is 0.515. The molecule has 318 valence electrons. The maximum atomic E-state index is 14.4. The number of rotatable bonds is 21. The zero-order chi connectivity index (χ0) is 42.7. The van der Waals surface area contributed by atoms with Crippen molar-refractivity contribution >= 4 is 29.6 Å². The van der Waals surface area contributed by atoms with E-state index in [9.17, 15) is 29.1 Å². The van der Waals surface area contributed by atoms with Crippen LogP contribution in [0.1, 0.15) is 100 Å². The van der Waals surface area contributed by atoms with Gasteiger partial charge in [0.1, 0.15) is 12.1 Å². The van der Waals surface area contributed by atoms with Crippen molar-refractivity contribution in [2.45, 2.75) is 149 Å². The highest BCUT2D eigenvalue weighted by molar-refractivity contribution is 5.90. The van der Waals surface area contributed by atoms with Gasteiger partial charge < -0.3 is 35.0 Å². The van der Waals surface area contributed by atoms with E-state index in [1.165, 1.54) is 7.11 Å². The molecular weight excluding hydrogens is 714 g/mol. The van der Waals surface area contributed by atoms with Crippen LogP contribution in [0.15, 0.2) is 30.3 Å². The van der Waals surface area contributed by atoms with Crippen LogP contribution in [0.5, 0.6) is 0 Å². The minimum atomic E-state index is -1.14. The standard InChI is InChI=1S/C43H73N5O8/c1-15-28(6)37(46(11)41(52)35(26(2)3)45-40(51)36(27(4)5)47(12)43(8,9)10)33(55-13)25-34(49)48-23-19-22-32(48)38(56-14)29(7)39(50)44-31(42(53)54)24-30-20-17-16-18-21-30/h16-18,20-21,26-29,31-33,35-38H,15,19,22-25H2,1-14H3,(H,44,50)(H,45,51)(H,53,54)/t28-,29-,31-,32?,33+,35-,36-,37?,38-/m0/s1. The molecule has 2 unspecified atom stereocenters. The average molecular weight is 788 g/mol. The summed E-state index contributed by atoms with van der Waals surface area (Å²) < 4.78 is 11.9. The van der Waals surface area contributed by atoms with Gasteiger partial charge >= 0.3 is 5.97 Å². The summed E-state index contributed by atoms with van der Waals surface area (Å²) in [6.45, 7) is 20.2. The number of hydrogen-bond donors (Lipinski definition) is 3. The molecule has 1 aliphatic rings. The summed E-state index contributed by atoms with van der Waals surface area (Å²) >= 11 is 0. The van der Waals surface area contributed by atoms with E-state index >= 15 is 0 Å². The molecule has 0 saturated carbocycles. The van der Waals surface area contributed by atoms with Gasteiger partial charge in [-0.05, 0) is 64.0 Å². The number of nitrogens with one attached hydrogen (secondary N) is 2. The first-order valence-electron chi connectivity index (χ1n) is 20.3. The molecule has 56 heavy (non-hydrogen) atoms. The fourth-order valence-corrected chi connectivity index (χ4v) is 7.97. The Bertz CT molecular complexity index is 1430. The van der Waals surface area contributed by atoms with Crippen molar-refractivity contribution in [1.82, 2.24) is 25.3 Å². The Morgan fingerprint density at radius 2 is 1.52 bits per heavy atom. The molecule has 0 radical (unpaired) electrons. The Morgan fingerprint density at radius 3 is 2.00 bits per heavy atom. The Kier molecular flexibility index (Phi) is 18.9. The molecular formula is C43H73N5O8. The van der Waals surface area contributed by atoms with Crippen molar-refractivity contribution in [3.8, 4) is 0 Å². The third-order valence-electron chi connectivity index (χ3n) is 11.8. The van der Waals surface area contributed by atoms with Crippen LogP contribution in [-0.2, 0) is 39.9 Å². The Hall–Kier alpha value is -3.55. The second-order valence-electron chi connectivity index (χ2n) is 17.4. The molecule has 0 spiro atoms. The third-order valence-corrected chi connectivity index (χ3v) is 11.8. The number of nitrogens with zero attached hydrogens (tertiary/aromatic N) is 3. The number of methoxy groups -OCH3 is 2. The molecule has 4 amide bonds. The van der Waals surface area contributed by atoms with Crippen LogP contribution in [0, 0.1) is 23.7 Å². The van der Waals surface area contributed by atoms with Gasteiger partial charge in [0.15, 0.2) is 0 Å². The highest BCUT2D eigenvalue weighted by Gasteiger charge is 2.44. The van der Waals surface area contributed by atoms with Gasteiger partial charge in [-0.2, -0.15) is 0 Å². The molecule has 9 atom stereocenters. The van der Waals surface area contributed by atoms with Gasteiger partial charge in [0, 0.05) is 39.8 Å². The van der Waals surface area contributed by atoms with Gasteiger partial charge in [-0.25, -0.2) is 4.79 Å². The normalized spacial score (nSPS) is 19.2. The van der Waals surface area contributed by atoms with Crippen LogP contribution in [0.3, 0.4) is 0 Å². The van der Waals surface area contributed by atoms with Gasteiger partial charge in [0.2, 0.25) is 23.6 Å². The molecule has 13 nitrogen and oxygen atoms in total. The largest absolute Gasteiger partial charge is 0.480 e. The van der Waals surface area contributed by atoms with Crippen molar-refractivity contribution in [2.75, 3.05) is 34.9 Å². The topological polar surface area (TPSA) is 158 Å². The van der Waals surface area contributed by atoms with Crippen molar-refractivity contribution < 1.29 is 38.6 Å². The average Bonchev–Trinajstić information content (AvgIpc) is 3.62. The van der Waals surface area contributed by atoms with Crippen LogP contribution in [0.25, 0.3) is 0 Å². The lowest BCUT2D eigenvalue weighted by Gasteiger charge is -2.42. The predicted molar refractivity (Wildman–Crippen MR) is 219 cm³/mol. The molecule has 1 aromatic carbocycles. The molecule has 1 aromatic rings. The number of ether oxygens (including phenoxy) is 2. The first kappa shape index (κ1) is 48.6. The monoisotopic (exact) mass is 788 g/mol. The van der Waals surface area contributed by atoms with E-state index < -0.39 is 60.2 Å². The number of aliphatic carboxylic acids is 1. The SMILES string of the molecule is CC[C@H](C)C([C@@H](CC(=O)N1CCCC1[C@@H](OC)[C@H](C)C(=O)N[C@@H](Cc1ccccc1)C(=O)O)OC)N(C)C(=O)[C@@H](NC(=O)[C@H](C(C)C)N(C)C(C)(C)C)C(C)C. The van der Waals surface area contributed by atoms with Gasteiger partial charge in [-0.3, -0.25) is 24.1 Å². The second-order valence-corrected chi connectivity index (χ2v) is 17.4. The lowest BCUT2D eigenvalue weighted by Crippen LogP contribution is -2.61. The fraction of sp³-hybridized carbons (Fsp3) is 0.744. The van der Waals surface area contributed by atoms with Gasteiger partial charge in [0.05, 0.1) is 42.7 Å². The van der Waals surface area contributed by atoms with Gasteiger partial charge in [-0.15, -0.1) is 0 Å². The molecule has 2 rings (SSSR count). The van der Waals surface area contributed by atoms with Gasteiger partial charge in [-0.1, -0.05) is 85.2 Å². The maximum Gasteiger partial charge on any atom is 0.326 e. The van der Waals surface area contributed by atoms with Gasteiger partial charge in [0.25, 0.3) is 0 Å². The van der Waals surface area contributed by atoms with Crippen LogP contribution in [-0.4, -0.2) is 132 Å². The molecule has 3 N–H and O–H groups in total. The molecule has 1 heterocycles. The van der Waals surface area contributed by atoms with Crippen LogP contribution < -0.4 is 10.6 Å². The van der Waals surface area contributed by atoms with E-state index in [0.717, 1.165) is 5.56 Å². The quantitative estimate of drug-likeness (QED) is 0.162. The first-order chi connectivity index (χ1) is 26.1. The molecule has 1 aliphatic heterocycles. The lowest BCUT2D eigenvalue weighted by molar-refractivity contribution is -0.148. The minimum Gasteiger partial charge on any atom is -0.480 e. The number of amides is 4. The smallest absolute Gasteiger partial charge is 0.326 e. The zero-order valence-corrected chi connectivity index (χ0v) is 36.6. The summed E-state index contributed by atoms with van der Waals surface area (Å²) in [4.78, 5) is 73.6. The lowest BCUT2D eigenvalue weighted by atomic mass is 9.89. The summed E-state index contributed by atoms with van der Waals surface area (Å²) in [7, 11) is 6.70. The minimum absolute atomic E-state index is 0.00222. The number of benzene rings is 1. The summed E-state index contributed by atoms with van der Waals surface area (Å²) in [5.74, 6) is -3.26. The molecule has 1 fully saturated rings. The number of carboxylic acid groups (broad SMARTS) is 1. The molecule has 1 saturated heterocycles.